The van der Waals surface area contributed by atoms with E-state index < -0.39 is 36.3 Å². The Morgan fingerprint density at radius 2 is 1.26 bits per heavy atom. The van der Waals surface area contributed by atoms with Gasteiger partial charge in [0.25, 0.3) is 17.7 Å². The number of amides is 3. The van der Waals surface area contributed by atoms with E-state index in [1.807, 2.05) is 48.5 Å². The molecule has 3 amide bonds. The fraction of sp³-hybridized carbons (Fsp3) is 0.185. The Hall–Kier alpha value is -4.26. The summed E-state index contributed by atoms with van der Waals surface area (Å²) in [5.74, 6) is -2.33. The fourth-order valence-electron chi connectivity index (χ4n) is 4.53. The molecule has 5 rings (SSSR count). The Bertz CT molecular complexity index is 1250. The summed E-state index contributed by atoms with van der Waals surface area (Å²) in [6.07, 6.45) is 1.57. The summed E-state index contributed by atoms with van der Waals surface area (Å²) in [4.78, 5) is 53.9. The Morgan fingerprint density at radius 1 is 0.794 bits per heavy atom. The number of nitrogens with zero attached hydrogens (tertiary/aromatic N) is 2. The summed E-state index contributed by atoms with van der Waals surface area (Å²) in [7, 11) is 0. The Labute approximate surface area is 196 Å². The van der Waals surface area contributed by atoms with Crippen molar-refractivity contribution in [1.82, 2.24) is 4.90 Å². The van der Waals surface area contributed by atoms with Crippen LogP contribution in [0.2, 0.25) is 0 Å². The van der Waals surface area contributed by atoms with E-state index in [2.05, 4.69) is 0 Å². The number of ether oxygens (including phenoxy) is 1. The molecule has 34 heavy (non-hydrogen) atoms. The van der Waals surface area contributed by atoms with Gasteiger partial charge in [0, 0.05) is 0 Å². The van der Waals surface area contributed by atoms with Crippen LogP contribution in [0.4, 0.5) is 11.4 Å². The SMILES string of the molecule is CC(C(=O)OCC(=O)N1c2ccccc2CCc2ccccc21)N1C(=O)c2ccccc2C1=O. The molecule has 0 bridgehead atoms. The summed E-state index contributed by atoms with van der Waals surface area (Å²) >= 11 is 0. The van der Waals surface area contributed by atoms with Crippen molar-refractivity contribution < 1.29 is 23.9 Å². The van der Waals surface area contributed by atoms with Gasteiger partial charge in [0.05, 0.1) is 22.5 Å². The maximum Gasteiger partial charge on any atom is 0.329 e. The highest BCUT2D eigenvalue weighted by molar-refractivity contribution is 6.22. The highest BCUT2D eigenvalue weighted by Gasteiger charge is 2.41. The number of rotatable bonds is 4. The summed E-state index contributed by atoms with van der Waals surface area (Å²) in [5, 5.41) is 0. The molecule has 0 saturated heterocycles. The van der Waals surface area contributed by atoms with Crippen molar-refractivity contribution in [3.05, 3.63) is 95.1 Å². The predicted molar refractivity (Wildman–Crippen MR) is 125 cm³/mol. The molecule has 0 aliphatic carbocycles. The van der Waals surface area contributed by atoms with Crippen molar-refractivity contribution in [2.75, 3.05) is 11.5 Å². The van der Waals surface area contributed by atoms with Crippen molar-refractivity contribution in [3.63, 3.8) is 0 Å². The van der Waals surface area contributed by atoms with E-state index >= 15 is 0 Å². The van der Waals surface area contributed by atoms with Crippen LogP contribution in [0.1, 0.15) is 38.8 Å². The average molecular weight is 454 g/mol. The second-order valence-electron chi connectivity index (χ2n) is 8.30. The molecule has 1 unspecified atom stereocenters. The lowest BCUT2D eigenvalue weighted by Crippen LogP contribution is -2.44. The first-order valence-electron chi connectivity index (χ1n) is 11.1. The summed E-state index contributed by atoms with van der Waals surface area (Å²) in [6.45, 7) is 0.903. The standard InChI is InChI=1S/C27H22N2O5/c1-17(28-25(31)20-10-4-5-11-21(20)26(28)32)27(33)34-16-24(30)29-22-12-6-2-8-18(22)14-15-19-9-3-7-13-23(19)29/h2-13,17H,14-16H2,1H3. The van der Waals surface area contributed by atoms with Gasteiger partial charge in [0.1, 0.15) is 6.04 Å². The lowest BCUT2D eigenvalue weighted by molar-refractivity contribution is -0.151. The topological polar surface area (TPSA) is 84.0 Å². The van der Waals surface area contributed by atoms with Crippen molar-refractivity contribution in [1.29, 1.82) is 0 Å². The molecule has 0 spiro atoms. The molecule has 0 fully saturated rings. The normalized spacial score (nSPS) is 15.2. The first kappa shape index (κ1) is 21.6. The Kier molecular flexibility index (Phi) is 5.45. The molecule has 0 radical (unpaired) electrons. The van der Waals surface area contributed by atoms with E-state index in [4.69, 9.17) is 4.74 Å². The van der Waals surface area contributed by atoms with Gasteiger partial charge in [-0.15, -0.1) is 0 Å². The largest absolute Gasteiger partial charge is 0.454 e. The number of fused-ring (bicyclic) bond motifs is 3. The van der Waals surface area contributed by atoms with E-state index in [0.29, 0.717) is 0 Å². The third kappa shape index (κ3) is 3.55. The molecule has 2 aliphatic rings. The zero-order chi connectivity index (χ0) is 23.8. The minimum atomic E-state index is -1.16. The zero-order valence-electron chi connectivity index (χ0n) is 18.6. The summed E-state index contributed by atoms with van der Waals surface area (Å²) in [6, 6.07) is 20.6. The van der Waals surface area contributed by atoms with E-state index in [1.165, 1.54) is 6.92 Å². The molecule has 1 atom stereocenters. The van der Waals surface area contributed by atoms with Gasteiger partial charge in [-0.05, 0) is 55.2 Å². The molecule has 3 aromatic carbocycles. The number of aryl methyl sites for hydroxylation is 2. The third-order valence-corrected chi connectivity index (χ3v) is 6.27. The van der Waals surface area contributed by atoms with Crippen molar-refractivity contribution >= 4 is 35.1 Å². The Morgan fingerprint density at radius 3 is 1.79 bits per heavy atom. The second-order valence-corrected chi connectivity index (χ2v) is 8.30. The molecular formula is C27H22N2O5. The summed E-state index contributed by atoms with van der Waals surface area (Å²) in [5.41, 5.74) is 4.06. The number of carbonyl (C=O) groups excluding carboxylic acids is 4. The van der Waals surface area contributed by atoms with Crippen molar-refractivity contribution in [2.24, 2.45) is 0 Å². The molecule has 3 aromatic rings. The molecular weight excluding hydrogens is 432 g/mol. The van der Waals surface area contributed by atoms with Gasteiger partial charge < -0.3 is 4.74 Å². The van der Waals surface area contributed by atoms with E-state index in [1.54, 1.807) is 29.2 Å². The minimum absolute atomic E-state index is 0.251. The van der Waals surface area contributed by atoms with Gasteiger partial charge in [-0.1, -0.05) is 48.5 Å². The van der Waals surface area contributed by atoms with Crippen LogP contribution in [0.3, 0.4) is 0 Å². The van der Waals surface area contributed by atoms with Gasteiger partial charge in [-0.2, -0.15) is 0 Å². The second kappa shape index (κ2) is 8.59. The van der Waals surface area contributed by atoms with E-state index in [-0.39, 0.29) is 11.1 Å². The van der Waals surface area contributed by atoms with E-state index in [0.717, 1.165) is 40.2 Å². The van der Waals surface area contributed by atoms with Crippen LogP contribution in [0.25, 0.3) is 0 Å². The van der Waals surface area contributed by atoms with Gasteiger partial charge in [-0.3, -0.25) is 24.2 Å². The molecule has 0 saturated carbocycles. The third-order valence-electron chi connectivity index (χ3n) is 6.27. The Balaban J connectivity index is 1.35. The molecule has 7 heteroatoms. The van der Waals surface area contributed by atoms with Gasteiger partial charge in [0.15, 0.2) is 6.61 Å². The van der Waals surface area contributed by atoms with Crippen LogP contribution in [0.15, 0.2) is 72.8 Å². The van der Waals surface area contributed by atoms with E-state index in [9.17, 15) is 19.2 Å². The highest BCUT2D eigenvalue weighted by atomic mass is 16.5. The van der Waals surface area contributed by atoms with Crippen molar-refractivity contribution in [2.45, 2.75) is 25.8 Å². The van der Waals surface area contributed by atoms with Crippen LogP contribution >= 0.6 is 0 Å². The monoisotopic (exact) mass is 454 g/mol. The van der Waals surface area contributed by atoms with Crippen LogP contribution in [0, 0.1) is 0 Å². The smallest absolute Gasteiger partial charge is 0.329 e. The number of carbonyl (C=O) groups is 4. The van der Waals surface area contributed by atoms with Crippen LogP contribution in [0.5, 0.6) is 0 Å². The minimum Gasteiger partial charge on any atom is -0.454 e. The predicted octanol–water partition coefficient (Wildman–Crippen LogP) is 3.68. The van der Waals surface area contributed by atoms with Crippen LogP contribution in [-0.4, -0.2) is 41.2 Å². The number of esters is 1. The quantitative estimate of drug-likeness (QED) is 0.444. The highest BCUT2D eigenvalue weighted by Crippen LogP contribution is 2.36. The maximum atomic E-state index is 13.3. The zero-order valence-corrected chi connectivity index (χ0v) is 18.6. The lowest BCUT2D eigenvalue weighted by atomic mass is 10.0. The molecule has 7 nitrogen and oxygen atoms in total. The number of imide groups is 1. The van der Waals surface area contributed by atoms with Gasteiger partial charge in [0.2, 0.25) is 0 Å². The average Bonchev–Trinajstić information content (AvgIpc) is 3.01. The molecule has 2 heterocycles. The fourth-order valence-corrected chi connectivity index (χ4v) is 4.53. The molecule has 0 aromatic heterocycles. The number of hydrogen-bond donors (Lipinski definition) is 0. The maximum absolute atomic E-state index is 13.3. The number of anilines is 2. The van der Waals surface area contributed by atoms with Crippen LogP contribution < -0.4 is 4.90 Å². The van der Waals surface area contributed by atoms with Crippen LogP contribution in [-0.2, 0) is 27.2 Å². The van der Waals surface area contributed by atoms with Gasteiger partial charge >= 0.3 is 5.97 Å². The number of hydrogen-bond acceptors (Lipinski definition) is 5. The van der Waals surface area contributed by atoms with Crippen molar-refractivity contribution in [3.8, 4) is 0 Å². The molecule has 170 valence electrons. The number of para-hydroxylation sites is 2. The number of benzene rings is 3. The van der Waals surface area contributed by atoms with Gasteiger partial charge in [-0.25, -0.2) is 4.79 Å². The lowest BCUT2D eigenvalue weighted by Gasteiger charge is -2.25. The molecule has 2 aliphatic heterocycles. The first-order valence-corrected chi connectivity index (χ1v) is 11.1. The first-order chi connectivity index (χ1) is 16.5. The summed E-state index contributed by atoms with van der Waals surface area (Å²) < 4.78 is 5.32. The molecule has 0 N–H and O–H groups in total.